The van der Waals surface area contributed by atoms with Crippen LogP contribution in [0.15, 0.2) is 83.8 Å². The summed E-state index contributed by atoms with van der Waals surface area (Å²) in [7, 11) is -2.11. The van der Waals surface area contributed by atoms with Gasteiger partial charge in [0.25, 0.3) is 15.9 Å². The number of fused-ring (bicyclic) bond motifs is 1. The maximum Gasteiger partial charge on any atom is 0.264 e. The number of amides is 1. The Kier molecular flexibility index (Phi) is 6.49. The summed E-state index contributed by atoms with van der Waals surface area (Å²) >= 11 is 1.55. The number of nitrogens with zero attached hydrogens (tertiary/aromatic N) is 3. The minimum absolute atomic E-state index is 0.0834. The molecule has 4 rings (SSSR count). The Bertz CT molecular complexity index is 1350. The van der Waals surface area contributed by atoms with Crippen molar-refractivity contribution in [1.82, 2.24) is 9.88 Å². The largest absolute Gasteiger partial charge is 0.333 e. The smallest absolute Gasteiger partial charge is 0.264 e. The first-order valence-corrected chi connectivity index (χ1v) is 12.9. The lowest BCUT2D eigenvalue weighted by Gasteiger charge is -2.25. The number of carbonyl (C=O) groups is 1. The van der Waals surface area contributed by atoms with Crippen molar-refractivity contribution in [2.75, 3.05) is 17.9 Å². The van der Waals surface area contributed by atoms with Gasteiger partial charge < -0.3 is 4.90 Å². The summed E-state index contributed by atoms with van der Waals surface area (Å²) in [5.41, 5.74) is 1.80. The maximum atomic E-state index is 13.4. The molecule has 33 heavy (non-hydrogen) atoms. The molecule has 1 aromatic heterocycles. The van der Waals surface area contributed by atoms with Gasteiger partial charge in [0, 0.05) is 19.2 Å². The molecule has 8 heteroatoms. The van der Waals surface area contributed by atoms with Gasteiger partial charge in [-0.25, -0.2) is 13.4 Å². The SMILES string of the molecule is CCN(c1ccccc1)S(=O)(=O)c1cccc(C(=O)N(C)[C@@H](C)c2nc3ccccc3s2)c1. The van der Waals surface area contributed by atoms with Crippen molar-refractivity contribution in [3.8, 4) is 0 Å². The number of benzene rings is 3. The van der Waals surface area contributed by atoms with Gasteiger partial charge in [-0.1, -0.05) is 36.4 Å². The average Bonchev–Trinajstić information content (AvgIpc) is 3.28. The van der Waals surface area contributed by atoms with E-state index in [1.165, 1.54) is 16.4 Å². The molecule has 0 saturated heterocycles. The molecule has 0 N–H and O–H groups in total. The number of hydrogen-bond acceptors (Lipinski definition) is 5. The third-order valence-corrected chi connectivity index (χ3v) is 8.68. The van der Waals surface area contributed by atoms with E-state index in [0.29, 0.717) is 11.3 Å². The van der Waals surface area contributed by atoms with Crippen molar-refractivity contribution in [3.05, 3.63) is 89.4 Å². The van der Waals surface area contributed by atoms with Gasteiger partial charge in [-0.15, -0.1) is 11.3 Å². The van der Waals surface area contributed by atoms with Crippen molar-refractivity contribution in [2.45, 2.75) is 24.8 Å². The second-order valence-corrected chi connectivity index (χ2v) is 10.6. The Balaban J connectivity index is 1.61. The minimum Gasteiger partial charge on any atom is -0.333 e. The molecule has 0 radical (unpaired) electrons. The molecule has 6 nitrogen and oxygen atoms in total. The van der Waals surface area contributed by atoms with Gasteiger partial charge >= 0.3 is 0 Å². The van der Waals surface area contributed by atoms with Crippen molar-refractivity contribution >= 4 is 43.2 Å². The molecule has 0 aliphatic rings. The lowest BCUT2D eigenvalue weighted by molar-refractivity contribution is 0.0742. The third kappa shape index (κ3) is 4.49. The van der Waals surface area contributed by atoms with E-state index in [-0.39, 0.29) is 23.4 Å². The predicted molar refractivity (Wildman–Crippen MR) is 133 cm³/mol. The fraction of sp³-hybridized carbons (Fsp3) is 0.200. The summed E-state index contributed by atoms with van der Waals surface area (Å²) in [5, 5.41) is 0.831. The fourth-order valence-electron chi connectivity index (χ4n) is 3.62. The molecule has 1 atom stereocenters. The molecule has 0 unspecified atom stereocenters. The Labute approximate surface area is 198 Å². The van der Waals surface area contributed by atoms with Crippen molar-refractivity contribution in [3.63, 3.8) is 0 Å². The normalized spacial score (nSPS) is 12.5. The lowest BCUT2D eigenvalue weighted by atomic mass is 10.2. The van der Waals surface area contributed by atoms with E-state index < -0.39 is 10.0 Å². The van der Waals surface area contributed by atoms with Gasteiger partial charge in [0.1, 0.15) is 5.01 Å². The molecule has 0 aliphatic carbocycles. The molecule has 4 aromatic rings. The standard InChI is InChI=1S/C25H25N3O3S2/c1-4-28(20-12-6-5-7-13-20)33(30,31)21-14-10-11-19(17-21)25(29)27(3)18(2)24-26-22-15-8-9-16-23(22)32-24/h5-18H,4H2,1-3H3/t18-/m0/s1. The highest BCUT2D eigenvalue weighted by atomic mass is 32.2. The van der Waals surface area contributed by atoms with Gasteiger partial charge in [-0.2, -0.15) is 0 Å². The van der Waals surface area contributed by atoms with E-state index in [1.807, 2.05) is 37.3 Å². The average molecular weight is 480 g/mol. The molecular weight excluding hydrogens is 454 g/mol. The predicted octanol–water partition coefficient (Wildman–Crippen LogP) is 5.34. The minimum atomic E-state index is -3.82. The number of aromatic nitrogens is 1. The first-order valence-electron chi connectivity index (χ1n) is 10.6. The van der Waals surface area contributed by atoms with Crippen LogP contribution < -0.4 is 4.31 Å². The van der Waals surface area contributed by atoms with Crippen LogP contribution in [-0.4, -0.2) is 37.8 Å². The van der Waals surface area contributed by atoms with Crippen LogP contribution in [0.25, 0.3) is 10.2 Å². The number of hydrogen-bond donors (Lipinski definition) is 0. The van der Waals surface area contributed by atoms with E-state index >= 15 is 0 Å². The highest BCUT2D eigenvalue weighted by Crippen LogP contribution is 2.30. The monoisotopic (exact) mass is 479 g/mol. The van der Waals surface area contributed by atoms with Crippen LogP contribution in [0, 0.1) is 0 Å². The molecule has 0 spiro atoms. The Morgan fingerprint density at radius 2 is 1.70 bits per heavy atom. The zero-order chi connectivity index (χ0) is 23.6. The number of carbonyl (C=O) groups excluding carboxylic acids is 1. The van der Waals surface area contributed by atoms with E-state index in [2.05, 4.69) is 4.98 Å². The Morgan fingerprint density at radius 3 is 2.39 bits per heavy atom. The van der Waals surface area contributed by atoms with Gasteiger partial charge in [0.2, 0.25) is 0 Å². The van der Waals surface area contributed by atoms with Gasteiger partial charge in [0.05, 0.1) is 26.8 Å². The van der Waals surface area contributed by atoms with Crippen LogP contribution in [0.5, 0.6) is 0 Å². The topological polar surface area (TPSA) is 70.6 Å². The number of anilines is 1. The second-order valence-electron chi connectivity index (χ2n) is 7.65. The molecule has 170 valence electrons. The van der Waals surface area contributed by atoms with E-state index in [9.17, 15) is 13.2 Å². The maximum absolute atomic E-state index is 13.4. The second kappa shape index (κ2) is 9.33. The number of para-hydroxylation sites is 2. The summed E-state index contributed by atoms with van der Waals surface area (Å²) in [6, 6.07) is 22.8. The van der Waals surface area contributed by atoms with E-state index in [4.69, 9.17) is 0 Å². The molecule has 0 saturated carbocycles. The third-order valence-electron chi connectivity index (χ3n) is 5.57. The quantitative estimate of drug-likeness (QED) is 0.359. The summed E-state index contributed by atoms with van der Waals surface area (Å²) in [4.78, 5) is 19.6. The molecule has 1 heterocycles. The first kappa shape index (κ1) is 22.9. The first-order chi connectivity index (χ1) is 15.8. The van der Waals surface area contributed by atoms with Crippen molar-refractivity contribution < 1.29 is 13.2 Å². The lowest BCUT2D eigenvalue weighted by Crippen LogP contribution is -2.32. The Morgan fingerprint density at radius 1 is 1.00 bits per heavy atom. The van der Waals surface area contributed by atoms with Gasteiger partial charge in [-0.05, 0) is 56.3 Å². The van der Waals surface area contributed by atoms with Crippen LogP contribution in [0.4, 0.5) is 5.69 Å². The fourth-order valence-corrected chi connectivity index (χ4v) is 6.20. The van der Waals surface area contributed by atoms with Gasteiger partial charge in [-0.3, -0.25) is 9.10 Å². The van der Waals surface area contributed by atoms with E-state index in [1.54, 1.807) is 66.6 Å². The molecule has 1 amide bonds. The molecule has 3 aromatic carbocycles. The summed E-state index contributed by atoms with van der Waals surface area (Å²) in [6.45, 7) is 3.98. The summed E-state index contributed by atoms with van der Waals surface area (Å²) in [6.07, 6.45) is 0. The number of rotatable bonds is 7. The zero-order valence-corrected chi connectivity index (χ0v) is 20.3. The highest BCUT2D eigenvalue weighted by molar-refractivity contribution is 7.92. The molecule has 0 fully saturated rings. The van der Waals surface area contributed by atoms with Crippen LogP contribution in [0.1, 0.15) is 35.3 Å². The van der Waals surface area contributed by atoms with Crippen molar-refractivity contribution in [1.29, 1.82) is 0 Å². The summed E-state index contributed by atoms with van der Waals surface area (Å²) < 4.78 is 29.1. The summed E-state index contributed by atoms with van der Waals surface area (Å²) in [5.74, 6) is -0.262. The van der Waals surface area contributed by atoms with Crippen molar-refractivity contribution in [2.24, 2.45) is 0 Å². The van der Waals surface area contributed by atoms with E-state index in [0.717, 1.165) is 15.2 Å². The van der Waals surface area contributed by atoms with Gasteiger partial charge in [0.15, 0.2) is 0 Å². The molecular formula is C25H25N3O3S2. The zero-order valence-electron chi connectivity index (χ0n) is 18.7. The van der Waals surface area contributed by atoms with Crippen LogP contribution in [0.2, 0.25) is 0 Å². The molecule has 0 bridgehead atoms. The van der Waals surface area contributed by atoms with Crippen LogP contribution >= 0.6 is 11.3 Å². The Hall–Kier alpha value is -3.23. The highest BCUT2D eigenvalue weighted by Gasteiger charge is 2.26. The van der Waals surface area contributed by atoms with Crippen LogP contribution in [-0.2, 0) is 10.0 Å². The number of sulfonamides is 1. The number of thiazole rings is 1. The molecule has 0 aliphatic heterocycles. The van der Waals surface area contributed by atoms with Crippen LogP contribution in [0.3, 0.4) is 0 Å².